The van der Waals surface area contributed by atoms with Gasteiger partial charge >= 0.3 is 0 Å². The van der Waals surface area contributed by atoms with E-state index in [-0.39, 0.29) is 0 Å². The van der Waals surface area contributed by atoms with Gasteiger partial charge < -0.3 is 10.8 Å². The van der Waals surface area contributed by atoms with Crippen molar-refractivity contribution in [2.24, 2.45) is 5.73 Å². The molecule has 1 aliphatic rings. The molecule has 0 atom stereocenters. The zero-order valence-electron chi connectivity index (χ0n) is 6.79. The summed E-state index contributed by atoms with van der Waals surface area (Å²) in [5.41, 5.74) is 4.62. The van der Waals surface area contributed by atoms with Crippen LogP contribution < -0.4 is 5.73 Å². The number of nitrogens with two attached hydrogens (primary N) is 1. The fourth-order valence-electron chi connectivity index (χ4n) is 1.31. The number of hydrogen-bond donors (Lipinski definition) is 2. The van der Waals surface area contributed by atoms with Crippen molar-refractivity contribution in [3.8, 4) is 0 Å². The van der Waals surface area contributed by atoms with Crippen LogP contribution in [0, 0.1) is 0 Å². The Labute approximate surface area is 67.5 Å². The van der Waals surface area contributed by atoms with Gasteiger partial charge in [-0.05, 0) is 0 Å². The molecule has 64 valence electrons. The lowest BCUT2D eigenvalue weighted by Gasteiger charge is -2.34. The lowest BCUT2D eigenvalue weighted by molar-refractivity contribution is -0.0131. The summed E-state index contributed by atoms with van der Waals surface area (Å²) < 4.78 is 0. The maximum atomic E-state index is 9.39. The van der Waals surface area contributed by atoms with Gasteiger partial charge in [-0.2, -0.15) is 0 Å². The third-order valence-corrected chi connectivity index (χ3v) is 2.11. The molecular weight excluding hydrogens is 140 g/mol. The van der Waals surface area contributed by atoms with Gasteiger partial charge in [0.15, 0.2) is 0 Å². The summed E-state index contributed by atoms with van der Waals surface area (Å²) >= 11 is 0. The lowest BCUT2D eigenvalue weighted by atomic mass is 10.0. The Morgan fingerprint density at radius 3 is 2.55 bits per heavy atom. The van der Waals surface area contributed by atoms with E-state index >= 15 is 0 Å². The topological polar surface area (TPSA) is 49.5 Å². The van der Waals surface area contributed by atoms with Crippen LogP contribution in [0.25, 0.3) is 0 Å². The molecule has 0 radical (unpaired) electrons. The Hall–Kier alpha value is -0.380. The first-order chi connectivity index (χ1) is 5.14. The fraction of sp³-hybridized carbons (Fsp3) is 0.750. The summed E-state index contributed by atoms with van der Waals surface area (Å²) in [6.07, 6.45) is 3.21. The minimum atomic E-state index is -0.919. The van der Waals surface area contributed by atoms with E-state index in [0.29, 0.717) is 12.8 Å². The van der Waals surface area contributed by atoms with Crippen LogP contribution in [0.2, 0.25) is 0 Å². The predicted molar refractivity (Wildman–Crippen MR) is 45.0 cm³/mol. The zero-order valence-corrected chi connectivity index (χ0v) is 6.79. The highest BCUT2D eigenvalue weighted by atomic mass is 16.3. The molecule has 1 aliphatic heterocycles. The van der Waals surface area contributed by atoms with Gasteiger partial charge in [-0.25, -0.2) is 0 Å². The second-order valence-electron chi connectivity index (χ2n) is 3.19. The molecule has 0 aliphatic carbocycles. The average Bonchev–Trinajstić information content (AvgIpc) is 1.94. The number of piperidine rings is 1. The monoisotopic (exact) mass is 156 g/mol. The Morgan fingerprint density at radius 1 is 1.55 bits per heavy atom. The third kappa shape index (κ3) is 2.61. The number of rotatable bonds is 2. The number of likely N-dealkylation sites (tertiary alicyclic amines) is 1. The molecule has 0 unspecified atom stereocenters. The number of hydrogen-bond acceptors (Lipinski definition) is 3. The molecule has 1 heterocycles. The van der Waals surface area contributed by atoms with Crippen molar-refractivity contribution in [1.29, 1.82) is 0 Å². The van der Waals surface area contributed by atoms with Crippen LogP contribution in [0.3, 0.4) is 0 Å². The smallest absolute Gasteiger partial charge is 0.116 e. The molecule has 0 aromatic carbocycles. The number of nitrogens with zero attached hydrogens (tertiary/aromatic N) is 1. The van der Waals surface area contributed by atoms with Crippen LogP contribution >= 0.6 is 0 Å². The molecule has 0 amide bonds. The van der Waals surface area contributed by atoms with Crippen molar-refractivity contribution < 1.29 is 5.11 Å². The van der Waals surface area contributed by atoms with Gasteiger partial charge in [0.2, 0.25) is 0 Å². The van der Waals surface area contributed by atoms with Crippen LogP contribution in [0.1, 0.15) is 12.8 Å². The van der Waals surface area contributed by atoms with Crippen LogP contribution in [0.4, 0.5) is 0 Å². The highest BCUT2D eigenvalue weighted by Gasteiger charge is 2.26. The normalized spacial score (nSPS) is 24.9. The van der Waals surface area contributed by atoms with Crippen LogP contribution in [0.15, 0.2) is 12.7 Å². The summed E-state index contributed by atoms with van der Waals surface area (Å²) in [4.78, 5) is 2.23. The average molecular weight is 156 g/mol. The minimum Gasteiger partial charge on any atom is -0.376 e. The van der Waals surface area contributed by atoms with Gasteiger partial charge in [0.05, 0.1) is 0 Å². The molecule has 3 heteroatoms. The Balaban J connectivity index is 2.30. The van der Waals surface area contributed by atoms with Crippen molar-refractivity contribution in [3.63, 3.8) is 0 Å². The van der Waals surface area contributed by atoms with Gasteiger partial charge in [-0.1, -0.05) is 6.08 Å². The maximum absolute atomic E-state index is 9.39. The third-order valence-electron chi connectivity index (χ3n) is 2.11. The van der Waals surface area contributed by atoms with Gasteiger partial charge in [0, 0.05) is 32.5 Å². The highest BCUT2D eigenvalue weighted by molar-refractivity contribution is 4.83. The van der Waals surface area contributed by atoms with Gasteiger partial charge in [0.1, 0.15) is 5.72 Å². The fourth-order valence-corrected chi connectivity index (χ4v) is 1.31. The SMILES string of the molecule is C=CCN1CCC(N)(O)CC1. The van der Waals surface area contributed by atoms with Crippen molar-refractivity contribution in [2.45, 2.75) is 18.6 Å². The van der Waals surface area contributed by atoms with Crippen molar-refractivity contribution in [3.05, 3.63) is 12.7 Å². The van der Waals surface area contributed by atoms with E-state index < -0.39 is 5.72 Å². The van der Waals surface area contributed by atoms with Gasteiger partial charge in [0.25, 0.3) is 0 Å². The Bertz CT molecular complexity index is 135. The molecule has 0 saturated carbocycles. The van der Waals surface area contributed by atoms with Gasteiger partial charge in [-0.3, -0.25) is 4.90 Å². The van der Waals surface area contributed by atoms with Crippen LogP contribution in [0.5, 0.6) is 0 Å². The van der Waals surface area contributed by atoms with E-state index in [2.05, 4.69) is 11.5 Å². The zero-order chi connectivity index (χ0) is 8.32. The summed E-state index contributed by atoms with van der Waals surface area (Å²) in [5, 5.41) is 9.39. The second-order valence-corrected chi connectivity index (χ2v) is 3.19. The Morgan fingerprint density at radius 2 is 2.09 bits per heavy atom. The summed E-state index contributed by atoms with van der Waals surface area (Å²) in [5.74, 6) is 0. The molecule has 0 aromatic rings. The molecule has 3 nitrogen and oxygen atoms in total. The molecule has 1 saturated heterocycles. The van der Waals surface area contributed by atoms with Gasteiger partial charge in [-0.15, -0.1) is 6.58 Å². The summed E-state index contributed by atoms with van der Waals surface area (Å²) in [6.45, 7) is 6.30. The van der Waals surface area contributed by atoms with Crippen molar-refractivity contribution in [2.75, 3.05) is 19.6 Å². The molecule has 11 heavy (non-hydrogen) atoms. The molecule has 0 bridgehead atoms. The van der Waals surface area contributed by atoms with Crippen LogP contribution in [-0.4, -0.2) is 35.4 Å². The molecule has 1 rings (SSSR count). The molecule has 3 N–H and O–H groups in total. The van der Waals surface area contributed by atoms with Crippen LogP contribution in [-0.2, 0) is 0 Å². The van der Waals surface area contributed by atoms with E-state index in [0.717, 1.165) is 19.6 Å². The molecular formula is C8H16N2O. The quantitative estimate of drug-likeness (QED) is 0.434. The first-order valence-corrected chi connectivity index (χ1v) is 3.98. The van der Waals surface area contributed by atoms with E-state index in [1.165, 1.54) is 0 Å². The van der Waals surface area contributed by atoms with E-state index in [1.54, 1.807) is 0 Å². The first-order valence-electron chi connectivity index (χ1n) is 3.98. The molecule has 0 spiro atoms. The largest absolute Gasteiger partial charge is 0.376 e. The van der Waals surface area contributed by atoms with E-state index in [4.69, 9.17) is 5.73 Å². The van der Waals surface area contributed by atoms with Crippen molar-refractivity contribution in [1.82, 2.24) is 4.90 Å². The summed E-state index contributed by atoms with van der Waals surface area (Å²) in [6, 6.07) is 0. The number of aliphatic hydroxyl groups is 1. The first kappa shape index (κ1) is 8.71. The summed E-state index contributed by atoms with van der Waals surface area (Å²) in [7, 11) is 0. The Kier molecular flexibility index (Phi) is 2.65. The van der Waals surface area contributed by atoms with Crippen molar-refractivity contribution >= 4 is 0 Å². The van der Waals surface area contributed by atoms with E-state index in [1.807, 2.05) is 6.08 Å². The van der Waals surface area contributed by atoms with E-state index in [9.17, 15) is 5.11 Å². The minimum absolute atomic E-state index is 0.668. The highest BCUT2D eigenvalue weighted by Crippen LogP contribution is 2.15. The standard InChI is InChI=1S/C8H16N2O/c1-2-5-10-6-3-8(9,11)4-7-10/h2,11H,1,3-7,9H2. The molecule has 1 fully saturated rings. The lowest BCUT2D eigenvalue weighted by Crippen LogP contribution is -2.50. The second kappa shape index (κ2) is 3.34. The molecule has 0 aromatic heterocycles. The predicted octanol–water partition coefficient (Wildman–Crippen LogP) is -0.0845. The maximum Gasteiger partial charge on any atom is 0.116 e.